The van der Waals surface area contributed by atoms with Crippen LogP contribution in [0.2, 0.25) is 0 Å². The van der Waals surface area contributed by atoms with Gasteiger partial charge in [0.15, 0.2) is 5.65 Å². The summed E-state index contributed by atoms with van der Waals surface area (Å²) in [5.41, 5.74) is 8.48. The molecule has 4 amide bonds. The van der Waals surface area contributed by atoms with Gasteiger partial charge in [-0.2, -0.15) is 4.98 Å². The van der Waals surface area contributed by atoms with E-state index in [2.05, 4.69) is 76.4 Å². The molecule has 418 valence electrons. The van der Waals surface area contributed by atoms with Crippen LogP contribution in [0.4, 0.5) is 29.0 Å². The number of aliphatic hydroxyl groups excluding tert-OH is 1. The van der Waals surface area contributed by atoms with Crippen LogP contribution in [0.3, 0.4) is 0 Å². The molecule has 5 N–H and O–H groups in total. The highest BCUT2D eigenvalue weighted by Crippen LogP contribution is 2.34. The number of nitrogens with zero attached hydrogens (tertiary/aromatic N) is 9. The summed E-state index contributed by atoms with van der Waals surface area (Å²) in [4.78, 5) is 82.1. The summed E-state index contributed by atoms with van der Waals surface area (Å²) in [5, 5.41) is 23.7. The highest BCUT2D eigenvalue weighted by Gasteiger charge is 2.45. The third kappa shape index (κ3) is 14.2. The fourth-order valence-electron chi connectivity index (χ4n) is 11.0. The Balaban J connectivity index is 0.688. The molecular weight excluding hydrogens is 1010 g/mol. The first-order valence-corrected chi connectivity index (χ1v) is 28.9. The molecule has 6 heterocycles. The van der Waals surface area contributed by atoms with Crippen molar-refractivity contribution in [2.24, 2.45) is 5.41 Å². The number of β-amino-alcohol motifs (C(OH)–C–C–N with tert-alkyl or cyclic N) is 1. The average molecular weight is 1090 g/mol. The van der Waals surface area contributed by atoms with Gasteiger partial charge in [-0.1, -0.05) is 89.1 Å². The number of unbranched alkanes of at least 4 members (excludes halogenated alkanes) is 4. The number of aryl methyl sites for hydroxylation is 1. The molecule has 19 heteroatoms. The summed E-state index contributed by atoms with van der Waals surface area (Å²) in [6, 6.07) is 24.3. The van der Waals surface area contributed by atoms with E-state index in [9.17, 15) is 24.3 Å². The quantitative estimate of drug-likeness (QED) is 0.0338. The van der Waals surface area contributed by atoms with Gasteiger partial charge < -0.3 is 41.1 Å². The SMILES string of the molecule is C=CC(=O)N1CCC[C@H](n2c(Nc3ccccc3)nc3cnc(Nc4ccc(N5CCN(CCCCCCCC(=O)N[C@H](C(=O)N6C[C@H](O)C[C@H]6C(=O)N[C@@H](C)c6ccc(-c7scnc7C)cc6)C(C)(C)C)CC5)cc4)nc32)C1. The molecule has 0 aliphatic carbocycles. The highest BCUT2D eigenvalue weighted by atomic mass is 32.1. The molecule has 3 saturated heterocycles. The number of anilines is 5. The first kappa shape index (κ1) is 56.5. The van der Waals surface area contributed by atoms with Crippen molar-refractivity contribution in [1.82, 2.24) is 49.8 Å². The zero-order valence-electron chi connectivity index (χ0n) is 46.4. The maximum atomic E-state index is 14.2. The largest absolute Gasteiger partial charge is 0.391 e. The second kappa shape index (κ2) is 25.7. The Morgan fingerprint density at radius 2 is 1.56 bits per heavy atom. The second-order valence-electron chi connectivity index (χ2n) is 22.4. The summed E-state index contributed by atoms with van der Waals surface area (Å²) in [6.45, 7) is 19.5. The van der Waals surface area contributed by atoms with Crippen molar-refractivity contribution in [3.05, 3.63) is 114 Å². The van der Waals surface area contributed by atoms with E-state index in [1.54, 1.807) is 17.5 Å². The summed E-state index contributed by atoms with van der Waals surface area (Å²) in [7, 11) is 0. The molecule has 9 rings (SSSR count). The van der Waals surface area contributed by atoms with Crippen LogP contribution in [-0.4, -0.2) is 138 Å². The van der Waals surface area contributed by atoms with Crippen LogP contribution in [0.1, 0.15) is 109 Å². The third-order valence-electron chi connectivity index (χ3n) is 15.5. The number of aromatic nitrogens is 5. The summed E-state index contributed by atoms with van der Waals surface area (Å²) < 4.78 is 2.11. The van der Waals surface area contributed by atoms with Gasteiger partial charge >= 0.3 is 0 Å². The predicted molar refractivity (Wildman–Crippen MR) is 313 cm³/mol. The van der Waals surface area contributed by atoms with Crippen LogP contribution >= 0.6 is 11.3 Å². The Morgan fingerprint density at radius 3 is 2.27 bits per heavy atom. The Morgan fingerprint density at radius 1 is 0.835 bits per heavy atom. The van der Waals surface area contributed by atoms with Gasteiger partial charge in [-0.15, -0.1) is 11.3 Å². The van der Waals surface area contributed by atoms with E-state index in [0.29, 0.717) is 42.6 Å². The van der Waals surface area contributed by atoms with Crippen LogP contribution in [0.25, 0.3) is 21.6 Å². The van der Waals surface area contributed by atoms with Crippen molar-refractivity contribution >= 4 is 75.1 Å². The van der Waals surface area contributed by atoms with E-state index in [4.69, 9.17) is 9.97 Å². The summed E-state index contributed by atoms with van der Waals surface area (Å²) in [5.74, 6) is 0.175. The Kier molecular flexibility index (Phi) is 18.4. The molecule has 3 fully saturated rings. The summed E-state index contributed by atoms with van der Waals surface area (Å²) >= 11 is 1.59. The molecule has 0 radical (unpaired) electrons. The van der Waals surface area contributed by atoms with Crippen molar-refractivity contribution < 1.29 is 24.3 Å². The minimum Gasteiger partial charge on any atom is -0.391 e. The maximum absolute atomic E-state index is 14.2. The molecule has 5 atom stereocenters. The normalized spacial score (nSPS) is 18.8. The molecule has 6 aromatic rings. The molecule has 0 saturated carbocycles. The number of piperazine rings is 1. The Bertz CT molecular complexity index is 3040. The van der Waals surface area contributed by atoms with E-state index in [1.165, 1.54) is 16.7 Å². The highest BCUT2D eigenvalue weighted by molar-refractivity contribution is 7.13. The maximum Gasteiger partial charge on any atom is 0.246 e. The standard InChI is InChI=1S/C60H77N13O5S/c1-7-52(76)71-30-16-19-47(37-71)73-55-49(66-59(73)65-44-17-12-11-13-18-44)36-61-58(68-55)64-45-25-27-46(28-26-45)70-33-31-69(32-34-70)29-15-10-8-9-14-20-51(75)67-54(60(4,5)6)57(78)72-38-48(74)35-50(72)56(77)63-40(2)42-21-23-43(24-22-42)53-41(3)62-39-79-53/h7,11-13,17-18,21-28,36,39-40,47-48,50,54,74H,1,8-10,14-16,19-20,29-35,37-38H2,2-6H3,(H,63,77)(H,65,66)(H,67,75)(H,61,64,68)/t40-,47-,48+,50-,54+/m0/s1. The number of para-hydroxylation sites is 1. The van der Waals surface area contributed by atoms with Crippen LogP contribution in [0.15, 0.2) is 103 Å². The lowest BCUT2D eigenvalue weighted by atomic mass is 9.85. The lowest BCUT2D eigenvalue weighted by molar-refractivity contribution is -0.144. The monoisotopic (exact) mass is 1090 g/mol. The summed E-state index contributed by atoms with van der Waals surface area (Å²) in [6.07, 6.45) is 9.31. The Hall–Kier alpha value is -7.22. The van der Waals surface area contributed by atoms with Crippen LogP contribution in [0, 0.1) is 12.3 Å². The molecule has 0 spiro atoms. The number of carbonyl (C=O) groups excluding carboxylic acids is 4. The van der Waals surface area contributed by atoms with Gasteiger partial charge in [0.2, 0.25) is 35.5 Å². The number of hydrogen-bond acceptors (Lipinski definition) is 14. The van der Waals surface area contributed by atoms with Crippen molar-refractivity contribution in [2.75, 3.05) is 67.9 Å². The number of rotatable bonds is 21. The van der Waals surface area contributed by atoms with E-state index in [-0.39, 0.29) is 48.7 Å². The van der Waals surface area contributed by atoms with Gasteiger partial charge in [0, 0.05) is 75.7 Å². The van der Waals surface area contributed by atoms with Gasteiger partial charge in [0.25, 0.3) is 0 Å². The zero-order valence-corrected chi connectivity index (χ0v) is 47.2. The Labute approximate surface area is 468 Å². The lowest BCUT2D eigenvalue weighted by Gasteiger charge is -2.36. The molecule has 0 unspecified atom stereocenters. The van der Waals surface area contributed by atoms with Crippen molar-refractivity contribution in [2.45, 2.75) is 123 Å². The molecule has 3 aromatic heterocycles. The average Bonchev–Trinajstić information content (AvgIpc) is 4.28. The first-order chi connectivity index (χ1) is 38.1. The van der Waals surface area contributed by atoms with Gasteiger partial charge in [-0.05, 0) is 105 Å². The number of fused-ring (bicyclic) bond motifs is 1. The molecule has 18 nitrogen and oxygen atoms in total. The number of hydrogen-bond donors (Lipinski definition) is 5. The molecule has 3 aliphatic rings. The van der Waals surface area contributed by atoms with Crippen molar-refractivity contribution in [3.8, 4) is 10.4 Å². The number of carbonyl (C=O) groups is 4. The fraction of sp³-hybridized carbons (Fsp3) is 0.467. The van der Waals surface area contributed by atoms with Crippen LogP contribution < -0.4 is 26.2 Å². The number of nitrogens with one attached hydrogen (secondary N) is 4. The number of likely N-dealkylation sites (tertiary alicyclic amines) is 2. The smallest absolute Gasteiger partial charge is 0.246 e. The number of amides is 4. The fourth-order valence-corrected chi connectivity index (χ4v) is 11.9. The number of thiazole rings is 1. The first-order valence-electron chi connectivity index (χ1n) is 28.0. The molecule has 0 bridgehead atoms. The molecular formula is C60H77N13O5S. The van der Waals surface area contributed by atoms with E-state index >= 15 is 0 Å². The number of benzene rings is 3. The third-order valence-corrected chi connectivity index (χ3v) is 16.5. The zero-order chi connectivity index (χ0) is 55.6. The van der Waals surface area contributed by atoms with Crippen LogP contribution in [-0.2, 0) is 19.2 Å². The van der Waals surface area contributed by atoms with Gasteiger partial charge in [-0.3, -0.25) is 28.6 Å². The lowest BCUT2D eigenvalue weighted by Crippen LogP contribution is -2.57. The number of aliphatic hydroxyl groups is 1. The van der Waals surface area contributed by atoms with E-state index in [0.717, 1.165) is 111 Å². The number of imidazole rings is 1. The number of piperidine rings is 1. The van der Waals surface area contributed by atoms with Gasteiger partial charge in [0.1, 0.15) is 17.6 Å². The molecule has 79 heavy (non-hydrogen) atoms. The molecule has 3 aromatic carbocycles. The molecule has 3 aliphatic heterocycles. The van der Waals surface area contributed by atoms with E-state index in [1.807, 2.05) is 99.6 Å². The minimum atomic E-state index is -0.854. The topological polar surface area (TPSA) is 206 Å². The van der Waals surface area contributed by atoms with Crippen LogP contribution in [0.5, 0.6) is 0 Å². The van der Waals surface area contributed by atoms with E-state index < -0.39 is 23.6 Å². The van der Waals surface area contributed by atoms with Gasteiger partial charge in [0.05, 0.1) is 40.5 Å². The van der Waals surface area contributed by atoms with Crippen molar-refractivity contribution in [1.29, 1.82) is 0 Å². The minimum absolute atomic E-state index is 0.0314. The van der Waals surface area contributed by atoms with Crippen molar-refractivity contribution in [3.63, 3.8) is 0 Å². The predicted octanol–water partition coefficient (Wildman–Crippen LogP) is 8.93. The van der Waals surface area contributed by atoms with Gasteiger partial charge in [-0.25, -0.2) is 15.0 Å². The second-order valence-corrected chi connectivity index (χ2v) is 23.2.